The topological polar surface area (TPSA) is 107 Å². The van der Waals surface area contributed by atoms with Crippen molar-refractivity contribution in [2.75, 3.05) is 31.6 Å². The Hall–Kier alpha value is -3.25. The molecule has 0 aliphatic carbocycles. The Kier molecular flexibility index (Phi) is 12.2. The van der Waals surface area contributed by atoms with Crippen LogP contribution in [0.1, 0.15) is 25.5 Å². The molecule has 204 valence electrons. The van der Waals surface area contributed by atoms with Crippen molar-refractivity contribution >= 4 is 18.0 Å². The fourth-order valence-electron chi connectivity index (χ4n) is 3.67. The number of ether oxygens (including phenoxy) is 2. The number of nitrogens with one attached hydrogen (secondary N) is 1. The van der Waals surface area contributed by atoms with Crippen molar-refractivity contribution in [3.05, 3.63) is 53.9 Å². The summed E-state index contributed by atoms with van der Waals surface area (Å²) in [4.78, 5) is 26.3. The molecular formula is C25H32F4N4O4. The summed E-state index contributed by atoms with van der Waals surface area (Å²) in [7, 11) is 0. The van der Waals surface area contributed by atoms with Crippen LogP contribution in [-0.4, -0.2) is 67.1 Å². The summed E-state index contributed by atoms with van der Waals surface area (Å²) in [6.07, 6.45) is 1.29. The molecule has 2 aliphatic rings. The molecule has 2 atom stereocenters. The Morgan fingerprint density at radius 2 is 2.00 bits per heavy atom. The number of alkyl halides is 2. The van der Waals surface area contributed by atoms with Gasteiger partial charge in [-0.1, -0.05) is 6.07 Å². The fourth-order valence-corrected chi connectivity index (χ4v) is 3.67. The van der Waals surface area contributed by atoms with Crippen LogP contribution in [0.15, 0.2) is 36.5 Å². The average molecular weight is 529 g/mol. The van der Waals surface area contributed by atoms with E-state index in [1.807, 2.05) is 19.9 Å². The van der Waals surface area contributed by atoms with Crippen LogP contribution in [0.2, 0.25) is 0 Å². The van der Waals surface area contributed by atoms with Gasteiger partial charge in [0.15, 0.2) is 11.6 Å². The first-order chi connectivity index (χ1) is 17.6. The largest absolute Gasteiger partial charge is 0.489 e. The molecule has 12 heteroatoms. The van der Waals surface area contributed by atoms with Gasteiger partial charge >= 0.3 is 0 Å². The van der Waals surface area contributed by atoms with Crippen LogP contribution in [0.3, 0.4) is 0 Å². The summed E-state index contributed by atoms with van der Waals surface area (Å²) in [5, 5.41) is 2.84. The minimum absolute atomic E-state index is 0.0602. The van der Waals surface area contributed by atoms with E-state index in [0.717, 1.165) is 30.3 Å². The quantitative estimate of drug-likeness (QED) is 0.421. The Balaban J connectivity index is 0.000000237. The van der Waals surface area contributed by atoms with Crippen molar-refractivity contribution in [1.82, 2.24) is 9.88 Å². The van der Waals surface area contributed by atoms with Crippen molar-refractivity contribution < 1.29 is 36.6 Å². The lowest BCUT2D eigenvalue weighted by Crippen LogP contribution is -2.51. The number of carbonyl (C=O) groups is 2. The second-order valence-corrected chi connectivity index (χ2v) is 8.58. The molecule has 3 N–H and O–H groups in total. The first-order valence-electron chi connectivity index (χ1n) is 11.8. The van der Waals surface area contributed by atoms with E-state index in [0.29, 0.717) is 19.6 Å². The standard InChI is InChI=1S/C12H13F4NO.C12H16N2O2.CH3NO/c13-9-2-1-3-10(11(9)14)18-5-4-17-6-8(7-17)12(15)16;1-8-7-10(5-6-13-8)14-12(15)11-4-3-9(2)16-11;2-1-3/h1-3,8,12H,4-7H2;5-7,9,11H,3-4H2,1-2H3,(H,13,14,15);1H,(H2,2,3). The number of primary amides is 1. The number of hydrogen-bond acceptors (Lipinski definition) is 6. The second kappa shape index (κ2) is 15.1. The van der Waals surface area contributed by atoms with E-state index >= 15 is 0 Å². The van der Waals surface area contributed by atoms with Crippen LogP contribution < -0.4 is 15.8 Å². The maximum Gasteiger partial charge on any atom is 0.253 e. The van der Waals surface area contributed by atoms with Crippen LogP contribution >= 0.6 is 0 Å². The van der Waals surface area contributed by atoms with Crippen LogP contribution in [0, 0.1) is 24.5 Å². The summed E-state index contributed by atoms with van der Waals surface area (Å²) >= 11 is 0. The molecule has 2 fully saturated rings. The minimum Gasteiger partial charge on any atom is -0.489 e. The van der Waals surface area contributed by atoms with Crippen molar-refractivity contribution in [2.45, 2.75) is 45.3 Å². The Bertz CT molecular complexity index is 1010. The number of halogens is 4. The van der Waals surface area contributed by atoms with Gasteiger partial charge in [0, 0.05) is 43.1 Å². The number of likely N-dealkylation sites (tertiary alicyclic amines) is 1. The molecule has 4 rings (SSSR count). The normalized spacial score (nSPS) is 19.1. The number of pyridine rings is 1. The Morgan fingerprint density at radius 1 is 1.30 bits per heavy atom. The van der Waals surface area contributed by atoms with Crippen LogP contribution in [-0.2, 0) is 14.3 Å². The third-order valence-electron chi connectivity index (χ3n) is 5.61. The zero-order chi connectivity index (χ0) is 27.4. The molecule has 2 unspecified atom stereocenters. The summed E-state index contributed by atoms with van der Waals surface area (Å²) in [5.74, 6) is -2.77. The number of aromatic nitrogens is 1. The Labute approximate surface area is 213 Å². The highest BCUT2D eigenvalue weighted by Crippen LogP contribution is 2.23. The van der Waals surface area contributed by atoms with Gasteiger partial charge in [-0.15, -0.1) is 0 Å². The van der Waals surface area contributed by atoms with Gasteiger partial charge in [0.1, 0.15) is 12.7 Å². The summed E-state index contributed by atoms with van der Waals surface area (Å²) in [6.45, 7) is 5.11. The highest BCUT2D eigenvalue weighted by atomic mass is 19.3. The molecule has 0 radical (unpaired) electrons. The molecule has 2 saturated heterocycles. The molecule has 0 bridgehead atoms. The molecule has 2 aromatic rings. The lowest BCUT2D eigenvalue weighted by atomic mass is 10.0. The van der Waals surface area contributed by atoms with Gasteiger partial charge in [0.25, 0.3) is 5.91 Å². The predicted octanol–water partition coefficient (Wildman–Crippen LogP) is 3.54. The number of nitrogens with zero attached hydrogens (tertiary/aromatic N) is 2. The molecule has 8 nitrogen and oxygen atoms in total. The lowest BCUT2D eigenvalue weighted by molar-refractivity contribution is -0.126. The average Bonchev–Trinajstić information content (AvgIpc) is 3.25. The van der Waals surface area contributed by atoms with E-state index in [-0.39, 0.29) is 36.9 Å². The van der Waals surface area contributed by atoms with Gasteiger partial charge in [-0.2, -0.15) is 4.39 Å². The minimum atomic E-state index is -2.29. The molecular weight excluding hydrogens is 496 g/mol. The second-order valence-electron chi connectivity index (χ2n) is 8.58. The number of nitrogens with two attached hydrogens (primary N) is 1. The van der Waals surface area contributed by atoms with Crippen molar-refractivity contribution in [2.24, 2.45) is 11.7 Å². The number of amides is 2. The van der Waals surface area contributed by atoms with Crippen LogP contribution in [0.25, 0.3) is 0 Å². The van der Waals surface area contributed by atoms with Crippen LogP contribution in [0.4, 0.5) is 23.2 Å². The molecule has 37 heavy (non-hydrogen) atoms. The van der Waals surface area contributed by atoms with Gasteiger partial charge in [0.05, 0.1) is 6.10 Å². The zero-order valence-corrected chi connectivity index (χ0v) is 20.7. The third-order valence-corrected chi connectivity index (χ3v) is 5.61. The SMILES string of the molecule is Cc1cc(NC(=O)C2CCC(C)O2)ccn1.Fc1cccc(OCCN2CC(C(F)F)C2)c1F.NC=O. The highest BCUT2D eigenvalue weighted by molar-refractivity contribution is 5.94. The molecule has 1 aromatic carbocycles. The summed E-state index contributed by atoms with van der Waals surface area (Å²) < 4.78 is 61.0. The fraction of sp³-hybridized carbons (Fsp3) is 0.480. The molecule has 2 amide bonds. The number of carbonyl (C=O) groups excluding carboxylic acids is 2. The van der Waals surface area contributed by atoms with E-state index in [1.54, 1.807) is 17.2 Å². The maximum absolute atomic E-state index is 13.2. The summed E-state index contributed by atoms with van der Waals surface area (Å²) in [6, 6.07) is 7.31. The molecule has 1 aromatic heterocycles. The van der Waals surface area contributed by atoms with E-state index in [1.165, 1.54) is 12.1 Å². The smallest absolute Gasteiger partial charge is 0.253 e. The molecule has 0 saturated carbocycles. The predicted molar refractivity (Wildman–Crippen MR) is 129 cm³/mol. The van der Waals surface area contributed by atoms with Gasteiger partial charge in [-0.3, -0.25) is 19.5 Å². The molecule has 3 heterocycles. The van der Waals surface area contributed by atoms with E-state index in [9.17, 15) is 22.4 Å². The first-order valence-corrected chi connectivity index (χ1v) is 11.8. The van der Waals surface area contributed by atoms with Gasteiger partial charge in [-0.05, 0) is 51.0 Å². The van der Waals surface area contributed by atoms with Crippen molar-refractivity contribution in [3.63, 3.8) is 0 Å². The first kappa shape index (κ1) is 30.0. The number of benzene rings is 1. The van der Waals surface area contributed by atoms with Gasteiger partial charge in [-0.25, -0.2) is 13.2 Å². The number of hydrogen-bond donors (Lipinski definition) is 2. The monoisotopic (exact) mass is 528 g/mol. The zero-order valence-electron chi connectivity index (χ0n) is 20.7. The molecule has 2 aliphatic heterocycles. The van der Waals surface area contributed by atoms with Crippen LogP contribution in [0.5, 0.6) is 5.75 Å². The van der Waals surface area contributed by atoms with E-state index in [2.05, 4.69) is 16.0 Å². The van der Waals surface area contributed by atoms with E-state index in [4.69, 9.17) is 14.3 Å². The maximum atomic E-state index is 13.2. The number of rotatable bonds is 7. The number of aryl methyl sites for hydroxylation is 1. The lowest BCUT2D eigenvalue weighted by Gasteiger charge is -2.38. The van der Waals surface area contributed by atoms with Gasteiger partial charge in [0.2, 0.25) is 18.7 Å². The number of anilines is 1. The Morgan fingerprint density at radius 3 is 2.59 bits per heavy atom. The highest BCUT2D eigenvalue weighted by Gasteiger charge is 2.33. The van der Waals surface area contributed by atoms with Crippen molar-refractivity contribution in [3.8, 4) is 5.75 Å². The third kappa shape index (κ3) is 9.96. The molecule has 0 spiro atoms. The van der Waals surface area contributed by atoms with Crippen molar-refractivity contribution in [1.29, 1.82) is 0 Å². The van der Waals surface area contributed by atoms with E-state index < -0.39 is 24.0 Å². The summed E-state index contributed by atoms with van der Waals surface area (Å²) in [5.41, 5.74) is 5.83. The van der Waals surface area contributed by atoms with Gasteiger partial charge < -0.3 is 20.5 Å².